The number of alkyl halides is 1. The molecule has 0 aliphatic rings. The monoisotopic (exact) mass is 342 g/mol. The summed E-state index contributed by atoms with van der Waals surface area (Å²) in [6, 6.07) is 0. The van der Waals surface area contributed by atoms with Gasteiger partial charge in [-0.25, -0.2) is 4.98 Å². The van der Waals surface area contributed by atoms with E-state index in [1.165, 1.54) is 11.3 Å². The zero-order chi connectivity index (χ0) is 10.0. The maximum Gasteiger partial charge on any atom is 0.185 e. The molecule has 0 unspecified atom stereocenters. The molecule has 1 aromatic heterocycles. The first-order valence-corrected chi connectivity index (χ1v) is 5.74. The Morgan fingerprint density at radius 1 is 1.57 bits per heavy atom. The minimum absolute atomic E-state index is 0. The molecule has 0 amide bonds. The standard InChI is InChI=1S/C8H11BrN2OS.BrH/c1-5-7(6(12)4-9)13-8(10-5)11(2)3;/h4H2,1-3H3;1H. The third-order valence-electron chi connectivity index (χ3n) is 1.54. The van der Waals surface area contributed by atoms with Gasteiger partial charge in [0.15, 0.2) is 10.9 Å². The van der Waals surface area contributed by atoms with Crippen molar-refractivity contribution >= 4 is 55.2 Å². The summed E-state index contributed by atoms with van der Waals surface area (Å²) in [6.07, 6.45) is 0. The maximum atomic E-state index is 11.4. The molecule has 0 atom stereocenters. The van der Waals surface area contributed by atoms with Gasteiger partial charge in [-0.15, -0.1) is 17.0 Å². The van der Waals surface area contributed by atoms with E-state index in [9.17, 15) is 4.79 Å². The molecule has 1 aromatic rings. The van der Waals surface area contributed by atoms with Crippen molar-refractivity contribution in [2.75, 3.05) is 24.3 Å². The molecular weight excluding hydrogens is 332 g/mol. The van der Waals surface area contributed by atoms with Crippen molar-refractivity contribution in [3.63, 3.8) is 0 Å². The summed E-state index contributed by atoms with van der Waals surface area (Å²) in [5.41, 5.74) is 0.818. The molecule has 0 radical (unpaired) electrons. The molecule has 0 fully saturated rings. The molecule has 1 heterocycles. The minimum Gasteiger partial charge on any atom is -0.354 e. The lowest BCUT2D eigenvalue weighted by Gasteiger charge is -2.04. The summed E-state index contributed by atoms with van der Waals surface area (Å²) in [7, 11) is 3.83. The number of Topliss-reactive ketones (excluding diaryl/α,β-unsaturated/α-hetero) is 1. The summed E-state index contributed by atoms with van der Waals surface area (Å²) < 4.78 is 0. The number of ketones is 1. The predicted molar refractivity (Wildman–Crippen MR) is 69.6 cm³/mol. The number of hydrogen-bond donors (Lipinski definition) is 0. The molecule has 0 saturated carbocycles. The quantitative estimate of drug-likeness (QED) is 0.625. The van der Waals surface area contributed by atoms with E-state index in [4.69, 9.17) is 0 Å². The minimum atomic E-state index is 0. The fourth-order valence-corrected chi connectivity index (χ4v) is 2.29. The van der Waals surface area contributed by atoms with Crippen molar-refractivity contribution < 1.29 is 4.79 Å². The van der Waals surface area contributed by atoms with Gasteiger partial charge in [0, 0.05) is 14.1 Å². The zero-order valence-corrected chi connectivity index (χ0v) is 12.3. The predicted octanol–water partition coefficient (Wildman–Crippen LogP) is 2.67. The van der Waals surface area contributed by atoms with Gasteiger partial charge in [0.2, 0.25) is 0 Å². The summed E-state index contributed by atoms with van der Waals surface area (Å²) in [6.45, 7) is 1.86. The number of halogens is 2. The molecule has 0 aliphatic carbocycles. The first kappa shape index (κ1) is 14.1. The Morgan fingerprint density at radius 3 is 2.50 bits per heavy atom. The Hall–Kier alpha value is 0.0600. The highest BCUT2D eigenvalue weighted by Gasteiger charge is 2.14. The van der Waals surface area contributed by atoms with E-state index in [0.717, 1.165) is 15.7 Å². The molecule has 1 rings (SSSR count). The normalized spacial score (nSPS) is 9.43. The average molecular weight is 344 g/mol. The van der Waals surface area contributed by atoms with E-state index < -0.39 is 0 Å². The smallest absolute Gasteiger partial charge is 0.185 e. The van der Waals surface area contributed by atoms with Crippen LogP contribution in [0.2, 0.25) is 0 Å². The molecule has 0 aromatic carbocycles. The van der Waals surface area contributed by atoms with Crippen LogP contribution >= 0.6 is 44.2 Å². The number of anilines is 1. The van der Waals surface area contributed by atoms with Crippen molar-refractivity contribution in [2.45, 2.75) is 6.92 Å². The van der Waals surface area contributed by atoms with E-state index in [1.807, 2.05) is 25.9 Å². The molecule has 0 N–H and O–H groups in total. The summed E-state index contributed by atoms with van der Waals surface area (Å²) in [4.78, 5) is 18.3. The first-order chi connectivity index (χ1) is 6.06. The number of aromatic nitrogens is 1. The number of thiazole rings is 1. The molecule has 0 saturated heterocycles. The van der Waals surface area contributed by atoms with Crippen molar-refractivity contribution in [3.8, 4) is 0 Å². The van der Waals surface area contributed by atoms with E-state index in [-0.39, 0.29) is 22.8 Å². The zero-order valence-electron chi connectivity index (χ0n) is 8.20. The Morgan fingerprint density at radius 2 is 2.14 bits per heavy atom. The van der Waals surface area contributed by atoms with Crippen LogP contribution in [0.25, 0.3) is 0 Å². The second-order valence-electron chi connectivity index (χ2n) is 2.86. The molecule has 80 valence electrons. The van der Waals surface area contributed by atoms with Crippen LogP contribution < -0.4 is 4.90 Å². The number of aryl methyl sites for hydroxylation is 1. The van der Waals surface area contributed by atoms with Crippen molar-refractivity contribution in [2.24, 2.45) is 0 Å². The Bertz CT molecular complexity index is 325. The third kappa shape index (κ3) is 3.03. The lowest BCUT2D eigenvalue weighted by Crippen LogP contribution is -2.07. The molecular formula is C8H12Br2N2OS. The van der Waals surface area contributed by atoms with Gasteiger partial charge < -0.3 is 4.90 Å². The van der Waals surface area contributed by atoms with Gasteiger partial charge in [-0.1, -0.05) is 27.3 Å². The number of hydrogen-bond acceptors (Lipinski definition) is 4. The first-order valence-electron chi connectivity index (χ1n) is 3.80. The SMILES string of the molecule is Br.Cc1nc(N(C)C)sc1C(=O)CBr. The number of carbonyl (C=O) groups is 1. The van der Waals surface area contributed by atoms with Gasteiger partial charge in [-0.05, 0) is 6.92 Å². The largest absolute Gasteiger partial charge is 0.354 e. The van der Waals surface area contributed by atoms with Gasteiger partial charge in [0.1, 0.15) is 0 Å². The molecule has 0 aliphatic heterocycles. The average Bonchev–Trinajstić information content (AvgIpc) is 2.46. The highest BCUT2D eigenvalue weighted by atomic mass is 79.9. The van der Waals surface area contributed by atoms with Crippen LogP contribution in [0.1, 0.15) is 15.4 Å². The van der Waals surface area contributed by atoms with Crippen LogP contribution in [-0.2, 0) is 0 Å². The maximum absolute atomic E-state index is 11.4. The Balaban J connectivity index is 0.00000169. The highest BCUT2D eigenvalue weighted by Crippen LogP contribution is 2.25. The Labute approximate surface area is 106 Å². The lowest BCUT2D eigenvalue weighted by atomic mass is 10.3. The molecule has 0 bridgehead atoms. The summed E-state index contributed by atoms with van der Waals surface area (Å²) in [5.74, 6) is 0.100. The van der Waals surface area contributed by atoms with Gasteiger partial charge in [-0.3, -0.25) is 4.79 Å². The molecule has 3 nitrogen and oxygen atoms in total. The van der Waals surface area contributed by atoms with Crippen LogP contribution in [0.4, 0.5) is 5.13 Å². The van der Waals surface area contributed by atoms with Crippen LogP contribution in [-0.4, -0.2) is 30.2 Å². The molecule has 0 spiro atoms. The van der Waals surface area contributed by atoms with Crippen LogP contribution in [0, 0.1) is 6.92 Å². The lowest BCUT2D eigenvalue weighted by molar-refractivity contribution is 0.102. The fourth-order valence-electron chi connectivity index (χ4n) is 0.893. The highest BCUT2D eigenvalue weighted by molar-refractivity contribution is 9.09. The van der Waals surface area contributed by atoms with Crippen molar-refractivity contribution in [3.05, 3.63) is 10.6 Å². The number of rotatable bonds is 3. The van der Waals surface area contributed by atoms with E-state index in [2.05, 4.69) is 20.9 Å². The van der Waals surface area contributed by atoms with E-state index >= 15 is 0 Å². The topological polar surface area (TPSA) is 33.2 Å². The molecule has 14 heavy (non-hydrogen) atoms. The number of carbonyl (C=O) groups excluding carboxylic acids is 1. The fraction of sp³-hybridized carbons (Fsp3) is 0.500. The second kappa shape index (κ2) is 5.82. The van der Waals surface area contributed by atoms with Crippen LogP contribution in [0.3, 0.4) is 0 Å². The molecule has 6 heteroatoms. The van der Waals surface area contributed by atoms with Crippen LogP contribution in [0.5, 0.6) is 0 Å². The summed E-state index contributed by atoms with van der Waals surface area (Å²) in [5, 5.41) is 1.24. The third-order valence-corrected chi connectivity index (χ3v) is 3.42. The van der Waals surface area contributed by atoms with Gasteiger partial charge >= 0.3 is 0 Å². The summed E-state index contributed by atoms with van der Waals surface area (Å²) >= 11 is 4.58. The van der Waals surface area contributed by atoms with E-state index in [0.29, 0.717) is 5.33 Å². The second-order valence-corrected chi connectivity index (χ2v) is 4.40. The van der Waals surface area contributed by atoms with Crippen molar-refractivity contribution in [1.82, 2.24) is 4.98 Å². The van der Waals surface area contributed by atoms with Gasteiger partial charge in [0.25, 0.3) is 0 Å². The van der Waals surface area contributed by atoms with Crippen molar-refractivity contribution in [1.29, 1.82) is 0 Å². The Kier molecular flexibility index (Phi) is 5.85. The van der Waals surface area contributed by atoms with Crippen LogP contribution in [0.15, 0.2) is 0 Å². The van der Waals surface area contributed by atoms with E-state index in [1.54, 1.807) is 0 Å². The van der Waals surface area contributed by atoms with Gasteiger partial charge in [0.05, 0.1) is 15.9 Å². The van der Waals surface area contributed by atoms with Gasteiger partial charge in [-0.2, -0.15) is 0 Å². The number of nitrogens with zero attached hydrogens (tertiary/aromatic N) is 2.